The van der Waals surface area contributed by atoms with E-state index in [1.165, 1.54) is 6.07 Å². The number of nitrogens with zero attached hydrogens (tertiary/aromatic N) is 4. The number of rotatable bonds is 2. The summed E-state index contributed by atoms with van der Waals surface area (Å²) in [4.78, 5) is 4.05. The van der Waals surface area contributed by atoms with Gasteiger partial charge in [-0.15, -0.1) is 10.2 Å². The Morgan fingerprint density at radius 2 is 2.08 bits per heavy atom. The molecule has 0 spiro atoms. The largest absolute Gasteiger partial charge is 0.388 e. The summed E-state index contributed by atoms with van der Waals surface area (Å²) in [5.41, 5.74) is 3.05. The molecule has 2 aromatic rings. The molecule has 0 saturated heterocycles. The number of halogens is 2. The number of hydrogen-bond acceptors (Lipinski definition) is 4. The molecule has 1 aromatic carbocycles. The molecule has 2 aliphatic rings. The minimum absolute atomic E-state index is 0.0936. The zero-order valence-electron chi connectivity index (χ0n) is 13.5. The van der Waals surface area contributed by atoms with Crippen LogP contribution in [0.1, 0.15) is 22.8 Å². The summed E-state index contributed by atoms with van der Waals surface area (Å²) in [5.74, 6) is 1.07. The van der Waals surface area contributed by atoms with E-state index in [2.05, 4.69) is 20.5 Å². The van der Waals surface area contributed by atoms with Crippen LogP contribution < -0.4 is 5.32 Å². The van der Waals surface area contributed by atoms with Gasteiger partial charge in [0.2, 0.25) is 0 Å². The maximum Gasteiger partial charge on any atom is 0.159 e. The van der Waals surface area contributed by atoms with Gasteiger partial charge in [0, 0.05) is 25.3 Å². The first kappa shape index (κ1) is 15.0. The summed E-state index contributed by atoms with van der Waals surface area (Å²) in [5, 5.41) is 11.0. The summed E-state index contributed by atoms with van der Waals surface area (Å²) in [6.45, 7) is 1.90. The van der Waals surface area contributed by atoms with Gasteiger partial charge in [0.1, 0.15) is 17.5 Å². The van der Waals surface area contributed by atoms with Gasteiger partial charge < -0.3 is 5.32 Å². The number of dihydropyridines is 1. The van der Waals surface area contributed by atoms with Crippen molar-refractivity contribution in [1.82, 2.24) is 20.1 Å². The Morgan fingerprint density at radius 1 is 1.25 bits per heavy atom. The highest BCUT2D eigenvalue weighted by Gasteiger charge is 2.26. The second-order valence-corrected chi connectivity index (χ2v) is 6.00. The van der Waals surface area contributed by atoms with Crippen molar-refractivity contribution in [3.05, 3.63) is 46.4 Å². The lowest BCUT2D eigenvalue weighted by Crippen LogP contribution is -2.25. The summed E-state index contributed by atoms with van der Waals surface area (Å²) in [6, 6.07) is 3.35. The zero-order valence-corrected chi connectivity index (χ0v) is 13.5. The molecule has 4 rings (SSSR count). The van der Waals surface area contributed by atoms with E-state index in [1.54, 1.807) is 17.8 Å². The number of aryl methyl sites for hydroxylation is 3. The number of aromatic nitrogens is 3. The van der Waals surface area contributed by atoms with Gasteiger partial charge in [-0.05, 0) is 36.6 Å². The molecule has 1 unspecified atom stereocenters. The standard InChI is InChI=1S/C17H17F2N5/c1-9-22-23-15-4-3-10-5-11(6-13(18)17(10)24(9)15)12-7-21-8-14(19)16(12)20-2/h5-7,14,20H,3-4,8H2,1-2H3. The predicted molar refractivity (Wildman–Crippen MR) is 87.7 cm³/mol. The third-order valence-corrected chi connectivity index (χ3v) is 4.55. The first-order valence-corrected chi connectivity index (χ1v) is 7.90. The monoisotopic (exact) mass is 329 g/mol. The van der Waals surface area contributed by atoms with Crippen molar-refractivity contribution in [2.45, 2.75) is 25.9 Å². The summed E-state index contributed by atoms with van der Waals surface area (Å²) in [7, 11) is 1.67. The van der Waals surface area contributed by atoms with Crippen LogP contribution in [0.5, 0.6) is 0 Å². The molecule has 0 aliphatic carbocycles. The third kappa shape index (κ3) is 2.15. The average Bonchev–Trinajstić information content (AvgIpc) is 2.95. The normalized spacial score (nSPS) is 19.2. The van der Waals surface area contributed by atoms with Crippen molar-refractivity contribution in [3.63, 3.8) is 0 Å². The Labute approximate surface area is 138 Å². The lowest BCUT2D eigenvalue weighted by molar-refractivity contribution is 0.377. The number of nitrogens with one attached hydrogen (secondary N) is 1. The molecule has 24 heavy (non-hydrogen) atoms. The number of aliphatic imine (C=N–C) groups is 1. The van der Waals surface area contributed by atoms with Crippen LogP contribution in [0.2, 0.25) is 0 Å². The quantitative estimate of drug-likeness (QED) is 0.919. The van der Waals surface area contributed by atoms with Crippen LogP contribution in [0.15, 0.2) is 22.8 Å². The van der Waals surface area contributed by atoms with Crippen molar-refractivity contribution < 1.29 is 8.78 Å². The van der Waals surface area contributed by atoms with E-state index in [-0.39, 0.29) is 12.4 Å². The Kier molecular flexibility index (Phi) is 3.44. The predicted octanol–water partition coefficient (Wildman–Crippen LogP) is 2.17. The van der Waals surface area contributed by atoms with Crippen LogP contribution in [0.3, 0.4) is 0 Å². The molecule has 1 aromatic heterocycles. The van der Waals surface area contributed by atoms with E-state index in [9.17, 15) is 8.78 Å². The molecular weight excluding hydrogens is 312 g/mol. The summed E-state index contributed by atoms with van der Waals surface area (Å²) >= 11 is 0. The molecule has 3 heterocycles. The van der Waals surface area contributed by atoms with Crippen molar-refractivity contribution in [1.29, 1.82) is 0 Å². The van der Waals surface area contributed by atoms with Gasteiger partial charge in [-0.1, -0.05) is 0 Å². The number of hydrogen-bond donors (Lipinski definition) is 1. The number of benzene rings is 1. The third-order valence-electron chi connectivity index (χ3n) is 4.55. The maximum atomic E-state index is 14.9. The number of fused-ring (bicyclic) bond motifs is 3. The van der Waals surface area contributed by atoms with Crippen LogP contribution >= 0.6 is 0 Å². The van der Waals surface area contributed by atoms with Crippen LogP contribution in [0, 0.1) is 12.7 Å². The minimum atomic E-state index is -1.19. The molecular formula is C17H17F2N5. The molecule has 2 aliphatic heterocycles. The first-order valence-electron chi connectivity index (χ1n) is 7.90. The highest BCUT2D eigenvalue weighted by Crippen LogP contribution is 2.32. The lowest BCUT2D eigenvalue weighted by atomic mass is 9.94. The molecule has 0 fully saturated rings. The Morgan fingerprint density at radius 3 is 2.88 bits per heavy atom. The molecule has 0 amide bonds. The molecule has 1 atom stereocenters. The van der Waals surface area contributed by atoms with E-state index in [1.807, 2.05) is 13.0 Å². The van der Waals surface area contributed by atoms with Gasteiger partial charge in [0.05, 0.1) is 17.9 Å². The Hall–Kier alpha value is -2.57. The van der Waals surface area contributed by atoms with Crippen molar-refractivity contribution in [2.75, 3.05) is 13.6 Å². The Balaban J connectivity index is 1.89. The molecule has 7 heteroatoms. The molecule has 124 valence electrons. The van der Waals surface area contributed by atoms with Crippen LogP contribution in [0.25, 0.3) is 11.3 Å². The fourth-order valence-corrected chi connectivity index (χ4v) is 3.45. The van der Waals surface area contributed by atoms with Crippen molar-refractivity contribution in [2.24, 2.45) is 4.99 Å². The van der Waals surface area contributed by atoms with Crippen LogP contribution in [0.4, 0.5) is 8.78 Å². The second kappa shape index (κ2) is 5.51. The smallest absolute Gasteiger partial charge is 0.159 e. The summed E-state index contributed by atoms with van der Waals surface area (Å²) in [6.07, 6.45) is 1.80. The SMILES string of the molecule is CNC1=C(c2cc(F)c3c(c2)CCc2nnc(C)n2-3)C=NCC1F. The molecule has 5 nitrogen and oxygen atoms in total. The highest BCUT2D eigenvalue weighted by molar-refractivity contribution is 6.12. The van der Waals surface area contributed by atoms with E-state index in [0.717, 1.165) is 11.4 Å². The van der Waals surface area contributed by atoms with Crippen LogP contribution in [-0.4, -0.2) is 40.7 Å². The second-order valence-electron chi connectivity index (χ2n) is 6.00. The summed E-state index contributed by atoms with van der Waals surface area (Å²) < 4.78 is 30.7. The Bertz CT molecular complexity index is 881. The van der Waals surface area contributed by atoms with E-state index in [0.29, 0.717) is 41.2 Å². The molecule has 0 bridgehead atoms. The highest BCUT2D eigenvalue weighted by atomic mass is 19.1. The van der Waals surface area contributed by atoms with Gasteiger partial charge in [0.25, 0.3) is 0 Å². The van der Waals surface area contributed by atoms with Gasteiger partial charge in [0.15, 0.2) is 6.17 Å². The number of alkyl halides is 1. The fraction of sp³-hybridized carbons (Fsp3) is 0.353. The lowest BCUT2D eigenvalue weighted by Gasteiger charge is -2.23. The zero-order chi connectivity index (χ0) is 16.8. The molecule has 0 radical (unpaired) electrons. The number of allylic oxidation sites excluding steroid dienone is 1. The first-order chi connectivity index (χ1) is 11.6. The van der Waals surface area contributed by atoms with E-state index >= 15 is 0 Å². The van der Waals surface area contributed by atoms with Gasteiger partial charge in [-0.25, -0.2) is 8.78 Å². The van der Waals surface area contributed by atoms with Crippen molar-refractivity contribution in [3.8, 4) is 5.69 Å². The average molecular weight is 329 g/mol. The van der Waals surface area contributed by atoms with Gasteiger partial charge >= 0.3 is 0 Å². The maximum absolute atomic E-state index is 14.9. The van der Waals surface area contributed by atoms with Gasteiger partial charge in [-0.3, -0.25) is 9.56 Å². The topological polar surface area (TPSA) is 55.1 Å². The molecule has 1 N–H and O–H groups in total. The van der Waals surface area contributed by atoms with E-state index in [4.69, 9.17) is 0 Å². The minimum Gasteiger partial charge on any atom is -0.388 e. The van der Waals surface area contributed by atoms with Gasteiger partial charge in [-0.2, -0.15) is 0 Å². The van der Waals surface area contributed by atoms with E-state index < -0.39 is 6.17 Å². The fourth-order valence-electron chi connectivity index (χ4n) is 3.45. The van der Waals surface area contributed by atoms with Crippen LogP contribution in [-0.2, 0) is 12.8 Å². The molecule has 0 saturated carbocycles. The van der Waals surface area contributed by atoms with Crippen molar-refractivity contribution >= 4 is 11.8 Å².